The van der Waals surface area contributed by atoms with Crippen molar-refractivity contribution >= 4 is 63.8 Å². The van der Waals surface area contributed by atoms with Crippen LogP contribution in [0.4, 0.5) is 5.69 Å². The number of benzene rings is 3. The molecule has 0 bridgehead atoms. The van der Waals surface area contributed by atoms with Crippen molar-refractivity contribution in [1.29, 1.82) is 0 Å². The predicted molar refractivity (Wildman–Crippen MR) is 161 cm³/mol. The molecule has 0 heterocycles. The molecule has 0 saturated carbocycles. The Labute approximate surface area is 250 Å². The van der Waals surface area contributed by atoms with Gasteiger partial charge in [-0.1, -0.05) is 29.8 Å². The van der Waals surface area contributed by atoms with Gasteiger partial charge in [0.2, 0.25) is 0 Å². The van der Waals surface area contributed by atoms with Crippen molar-refractivity contribution in [3.8, 4) is 17.2 Å². The molecule has 3 aromatic carbocycles. The van der Waals surface area contributed by atoms with E-state index in [1.807, 2.05) is 19.9 Å². The normalized spacial score (nSPS) is 10.6. The molecule has 0 aliphatic rings. The minimum atomic E-state index is -0.912. The Hall–Kier alpha value is -3.84. The molecule has 3 rings (SSSR count). The molecule has 210 valence electrons. The van der Waals surface area contributed by atoms with Crippen LogP contribution in [0.25, 0.3) is 0 Å². The number of amides is 3. The quantitative estimate of drug-likeness (QED) is 0.119. The molecular formula is C28H28ClIN4O6. The molecule has 0 aliphatic heterocycles. The third-order valence-electron chi connectivity index (χ3n) is 5.35. The highest BCUT2D eigenvalue weighted by atomic mass is 127. The van der Waals surface area contributed by atoms with Crippen molar-refractivity contribution in [2.75, 3.05) is 25.6 Å². The molecule has 0 fully saturated rings. The van der Waals surface area contributed by atoms with E-state index >= 15 is 0 Å². The smallest absolute Gasteiger partial charge is 0.329 e. The largest absolute Gasteiger partial charge is 0.497 e. The number of ether oxygens (including phenoxy) is 3. The van der Waals surface area contributed by atoms with E-state index in [-0.39, 0.29) is 19.1 Å². The van der Waals surface area contributed by atoms with E-state index < -0.39 is 11.8 Å². The van der Waals surface area contributed by atoms with E-state index in [1.165, 1.54) is 6.21 Å². The first-order valence-corrected chi connectivity index (χ1v) is 13.5. The lowest BCUT2D eigenvalue weighted by Crippen LogP contribution is -2.37. The molecular weight excluding hydrogens is 651 g/mol. The van der Waals surface area contributed by atoms with Gasteiger partial charge in [0.05, 0.1) is 23.5 Å². The minimum Gasteiger partial charge on any atom is -0.497 e. The van der Waals surface area contributed by atoms with Crippen LogP contribution in [0.1, 0.15) is 23.6 Å². The van der Waals surface area contributed by atoms with Gasteiger partial charge in [0.1, 0.15) is 5.75 Å². The molecule has 0 aromatic heterocycles. The van der Waals surface area contributed by atoms with Crippen LogP contribution in [0.3, 0.4) is 0 Å². The van der Waals surface area contributed by atoms with Crippen LogP contribution in [0.2, 0.25) is 5.02 Å². The first-order chi connectivity index (χ1) is 19.2. The molecule has 0 radical (unpaired) electrons. The standard InChI is InChI=1S/C28H28ClIN4O6/c1-4-39-24-12-19(15-32-34-28(37)27(36)31-14-18-6-9-21(38-3)10-7-18)11-22(30)26(24)40-16-25(35)33-23-13-20(29)8-5-17(23)2/h5-13,15H,4,14,16H2,1-3H3,(H,31,36)(H,33,35)(H,34,37)/b32-15-. The van der Waals surface area contributed by atoms with Gasteiger partial charge in [-0.25, -0.2) is 5.43 Å². The number of halogens is 2. The fraction of sp³-hybridized carbons (Fsp3) is 0.214. The van der Waals surface area contributed by atoms with Crippen LogP contribution in [-0.4, -0.2) is 44.3 Å². The van der Waals surface area contributed by atoms with Crippen molar-refractivity contribution in [3.63, 3.8) is 0 Å². The van der Waals surface area contributed by atoms with Crippen molar-refractivity contribution in [2.45, 2.75) is 20.4 Å². The zero-order chi connectivity index (χ0) is 29.1. The average Bonchev–Trinajstić information content (AvgIpc) is 2.93. The number of hydrogen-bond acceptors (Lipinski definition) is 7. The van der Waals surface area contributed by atoms with Gasteiger partial charge in [-0.2, -0.15) is 5.10 Å². The van der Waals surface area contributed by atoms with Gasteiger partial charge in [-0.05, 0) is 89.5 Å². The van der Waals surface area contributed by atoms with Gasteiger partial charge in [0, 0.05) is 17.3 Å². The summed E-state index contributed by atoms with van der Waals surface area (Å²) in [5, 5.41) is 9.70. The number of nitrogens with one attached hydrogen (secondary N) is 3. The maximum absolute atomic E-state index is 12.5. The third kappa shape index (κ3) is 9.12. The highest BCUT2D eigenvalue weighted by molar-refractivity contribution is 14.1. The molecule has 0 saturated heterocycles. The lowest BCUT2D eigenvalue weighted by Gasteiger charge is -2.15. The molecule has 0 aliphatic carbocycles. The van der Waals surface area contributed by atoms with Crippen LogP contribution in [0.5, 0.6) is 17.2 Å². The Balaban J connectivity index is 1.57. The van der Waals surface area contributed by atoms with E-state index in [0.717, 1.165) is 11.1 Å². The van der Waals surface area contributed by atoms with Gasteiger partial charge in [-0.15, -0.1) is 0 Å². The van der Waals surface area contributed by atoms with Crippen LogP contribution >= 0.6 is 34.2 Å². The lowest BCUT2D eigenvalue weighted by molar-refractivity contribution is -0.139. The summed E-state index contributed by atoms with van der Waals surface area (Å²) in [5.74, 6) is -0.621. The Morgan fingerprint density at radius 3 is 2.48 bits per heavy atom. The van der Waals surface area contributed by atoms with Crippen LogP contribution in [0, 0.1) is 10.5 Å². The molecule has 0 unspecified atom stereocenters. The topological polar surface area (TPSA) is 127 Å². The number of rotatable bonds is 11. The molecule has 0 atom stereocenters. The number of methoxy groups -OCH3 is 1. The van der Waals surface area contributed by atoms with Crippen molar-refractivity contribution in [3.05, 3.63) is 79.9 Å². The van der Waals surface area contributed by atoms with Gasteiger partial charge in [0.25, 0.3) is 5.91 Å². The number of hydrogen-bond donors (Lipinski definition) is 3. The van der Waals surface area contributed by atoms with Gasteiger partial charge in [0.15, 0.2) is 18.1 Å². The molecule has 12 heteroatoms. The summed E-state index contributed by atoms with van der Waals surface area (Å²) in [6.07, 6.45) is 1.37. The van der Waals surface area contributed by atoms with E-state index in [2.05, 4.69) is 43.8 Å². The molecule has 3 aromatic rings. The summed E-state index contributed by atoms with van der Waals surface area (Å²) < 4.78 is 17.2. The minimum absolute atomic E-state index is 0.175. The average molecular weight is 679 g/mol. The number of carbonyl (C=O) groups excluding carboxylic acids is 3. The zero-order valence-electron chi connectivity index (χ0n) is 22.0. The van der Waals surface area contributed by atoms with E-state index in [9.17, 15) is 14.4 Å². The fourth-order valence-corrected chi connectivity index (χ4v) is 4.29. The maximum Gasteiger partial charge on any atom is 0.329 e. The summed E-state index contributed by atoms with van der Waals surface area (Å²) in [4.78, 5) is 36.7. The Kier molecular flexibility index (Phi) is 11.6. The van der Waals surface area contributed by atoms with Crippen LogP contribution in [-0.2, 0) is 20.9 Å². The first kappa shape index (κ1) is 30.7. The summed E-state index contributed by atoms with van der Waals surface area (Å²) >= 11 is 8.07. The van der Waals surface area contributed by atoms with Gasteiger partial charge >= 0.3 is 11.8 Å². The number of hydrazone groups is 1. The van der Waals surface area contributed by atoms with E-state index in [1.54, 1.807) is 55.6 Å². The summed E-state index contributed by atoms with van der Waals surface area (Å²) in [5.41, 5.74) is 5.06. The van der Waals surface area contributed by atoms with Crippen molar-refractivity contribution < 1.29 is 28.6 Å². The summed E-state index contributed by atoms with van der Waals surface area (Å²) in [6, 6.07) is 15.7. The Morgan fingerprint density at radius 1 is 1.02 bits per heavy atom. The van der Waals surface area contributed by atoms with Crippen molar-refractivity contribution in [1.82, 2.24) is 10.7 Å². The van der Waals surface area contributed by atoms with Gasteiger partial charge < -0.3 is 24.8 Å². The van der Waals surface area contributed by atoms with Gasteiger partial charge in [-0.3, -0.25) is 14.4 Å². The number of aryl methyl sites for hydroxylation is 1. The predicted octanol–water partition coefficient (Wildman–Crippen LogP) is 4.44. The summed E-state index contributed by atoms with van der Waals surface area (Å²) in [6.45, 7) is 3.95. The highest BCUT2D eigenvalue weighted by Crippen LogP contribution is 2.34. The van der Waals surface area contributed by atoms with Crippen molar-refractivity contribution in [2.24, 2.45) is 5.10 Å². The molecule has 40 heavy (non-hydrogen) atoms. The highest BCUT2D eigenvalue weighted by Gasteiger charge is 2.15. The molecule has 3 amide bonds. The Bertz CT molecular complexity index is 1400. The second-order valence-electron chi connectivity index (χ2n) is 8.29. The fourth-order valence-electron chi connectivity index (χ4n) is 3.34. The lowest BCUT2D eigenvalue weighted by atomic mass is 10.2. The maximum atomic E-state index is 12.5. The van der Waals surface area contributed by atoms with E-state index in [4.69, 9.17) is 25.8 Å². The monoisotopic (exact) mass is 678 g/mol. The zero-order valence-corrected chi connectivity index (χ0v) is 25.0. The van der Waals surface area contributed by atoms with E-state index in [0.29, 0.717) is 43.7 Å². The third-order valence-corrected chi connectivity index (χ3v) is 6.39. The second-order valence-corrected chi connectivity index (χ2v) is 9.89. The summed E-state index contributed by atoms with van der Waals surface area (Å²) in [7, 11) is 1.56. The number of anilines is 1. The SMILES string of the molecule is CCOc1cc(/C=N\NC(=O)C(=O)NCc2ccc(OC)cc2)cc(I)c1OCC(=O)Nc1cc(Cl)ccc1C. The van der Waals surface area contributed by atoms with Crippen LogP contribution in [0.15, 0.2) is 59.7 Å². The second kappa shape index (κ2) is 15.1. The van der Waals surface area contributed by atoms with Crippen LogP contribution < -0.4 is 30.3 Å². The molecule has 0 spiro atoms. The molecule has 10 nitrogen and oxygen atoms in total. The molecule has 3 N–H and O–H groups in total. The number of carbonyl (C=O) groups is 3. The number of nitrogens with zero attached hydrogens (tertiary/aromatic N) is 1. The Morgan fingerprint density at radius 2 is 1.77 bits per heavy atom. The first-order valence-electron chi connectivity index (χ1n) is 12.1.